The van der Waals surface area contributed by atoms with Gasteiger partial charge in [-0.15, -0.1) is 11.3 Å². The van der Waals surface area contributed by atoms with E-state index in [1.165, 1.54) is 11.3 Å². The minimum atomic E-state index is -0.329. The van der Waals surface area contributed by atoms with Gasteiger partial charge in [0.1, 0.15) is 6.10 Å². The number of hydrogen-bond donors (Lipinski definition) is 0. The monoisotopic (exact) mass is 457 g/mol. The zero-order valence-corrected chi connectivity index (χ0v) is 19.0. The maximum Gasteiger partial charge on any atom is 0.119 e. The Morgan fingerprint density at radius 1 is 0.853 bits per heavy atom. The molecule has 0 bridgehead atoms. The van der Waals surface area contributed by atoms with Crippen LogP contribution in [0.4, 0.5) is 0 Å². The molecule has 0 radical (unpaired) electrons. The van der Waals surface area contributed by atoms with Crippen LogP contribution in [0.3, 0.4) is 0 Å². The van der Waals surface area contributed by atoms with Crippen molar-refractivity contribution in [1.82, 2.24) is 4.98 Å². The van der Waals surface area contributed by atoms with Crippen molar-refractivity contribution in [1.29, 1.82) is 10.5 Å². The molecule has 162 valence electrons. The molecule has 0 aliphatic rings. The second kappa shape index (κ2) is 9.68. The Morgan fingerprint density at radius 3 is 2.44 bits per heavy atom. The zero-order valence-electron chi connectivity index (χ0n) is 18.2. The van der Waals surface area contributed by atoms with Crippen LogP contribution in [-0.2, 0) is 11.3 Å². The lowest BCUT2D eigenvalue weighted by molar-refractivity contribution is 0.0689. The number of ether oxygens (including phenoxy) is 1. The van der Waals surface area contributed by atoms with Gasteiger partial charge >= 0.3 is 0 Å². The Kier molecular flexibility index (Phi) is 6.14. The first-order valence-electron chi connectivity index (χ1n) is 10.8. The molecule has 0 aliphatic carbocycles. The van der Waals surface area contributed by atoms with E-state index in [1.54, 1.807) is 17.6 Å². The van der Waals surface area contributed by atoms with Crippen LogP contribution in [0.5, 0.6) is 0 Å². The zero-order chi connectivity index (χ0) is 23.3. The first kappa shape index (κ1) is 21.6. The van der Waals surface area contributed by atoms with Crippen LogP contribution in [-0.4, -0.2) is 4.98 Å². The summed E-state index contributed by atoms with van der Waals surface area (Å²) in [5.74, 6) is 0. The van der Waals surface area contributed by atoms with Gasteiger partial charge in [-0.3, -0.25) is 4.98 Å². The molecule has 0 saturated carbocycles. The molecule has 4 nitrogen and oxygen atoms in total. The first-order chi connectivity index (χ1) is 16.8. The molecule has 1 heterocycles. The van der Waals surface area contributed by atoms with Gasteiger partial charge in [0.2, 0.25) is 0 Å². The maximum atomic E-state index is 9.85. The summed E-state index contributed by atoms with van der Waals surface area (Å²) in [6, 6.07) is 32.1. The second-order valence-electron chi connectivity index (χ2n) is 7.85. The van der Waals surface area contributed by atoms with E-state index in [4.69, 9.17) is 10.00 Å². The molecule has 0 amide bonds. The molecule has 5 heteroatoms. The third-order valence-corrected chi connectivity index (χ3v) is 6.57. The van der Waals surface area contributed by atoms with Crippen LogP contribution in [0, 0.1) is 22.7 Å². The van der Waals surface area contributed by atoms with Crippen LogP contribution in [0.2, 0.25) is 0 Å². The molecule has 1 atom stereocenters. The fourth-order valence-corrected chi connectivity index (χ4v) is 4.75. The molecule has 0 fully saturated rings. The minimum Gasteiger partial charge on any atom is -0.363 e. The van der Waals surface area contributed by atoms with Crippen molar-refractivity contribution < 1.29 is 4.74 Å². The SMILES string of the molecule is N#Cc1ccc(COC(c2ccc(C#N)c(-c3cccc4ccccc34)c2)c2cncs2)cc1. The van der Waals surface area contributed by atoms with E-state index in [-0.39, 0.29) is 6.10 Å². The molecular formula is C29H19N3OS. The average molecular weight is 458 g/mol. The summed E-state index contributed by atoms with van der Waals surface area (Å²) in [7, 11) is 0. The molecular weight excluding hydrogens is 438 g/mol. The standard InChI is InChI=1S/C29H19N3OS/c30-15-20-8-10-21(11-9-20)18-33-29(28-17-32-19-34-28)23-12-13-24(16-31)27(14-23)26-7-3-5-22-4-1-2-6-25(22)26/h1-14,17,19,29H,18H2. The molecule has 1 unspecified atom stereocenters. The number of aromatic nitrogens is 1. The summed E-state index contributed by atoms with van der Waals surface area (Å²) in [6.07, 6.45) is 1.49. The third kappa shape index (κ3) is 4.31. The highest BCUT2D eigenvalue weighted by molar-refractivity contribution is 7.09. The molecule has 5 rings (SSSR count). The lowest BCUT2D eigenvalue weighted by Crippen LogP contribution is -2.06. The van der Waals surface area contributed by atoms with E-state index in [2.05, 4.69) is 47.5 Å². The van der Waals surface area contributed by atoms with Crippen molar-refractivity contribution in [3.05, 3.63) is 124 Å². The number of benzene rings is 4. The summed E-state index contributed by atoms with van der Waals surface area (Å²) >= 11 is 1.54. The Balaban J connectivity index is 1.55. The Morgan fingerprint density at radius 2 is 1.68 bits per heavy atom. The van der Waals surface area contributed by atoms with Crippen LogP contribution >= 0.6 is 11.3 Å². The van der Waals surface area contributed by atoms with Gasteiger partial charge in [0.05, 0.1) is 40.3 Å². The number of hydrogen-bond acceptors (Lipinski definition) is 5. The van der Waals surface area contributed by atoms with E-state index < -0.39 is 0 Å². The highest BCUT2D eigenvalue weighted by Crippen LogP contribution is 2.36. The van der Waals surface area contributed by atoms with Gasteiger partial charge in [-0.2, -0.15) is 10.5 Å². The molecule has 0 saturated heterocycles. The van der Waals surface area contributed by atoms with Crippen LogP contribution in [0.25, 0.3) is 21.9 Å². The lowest BCUT2D eigenvalue weighted by atomic mass is 9.92. The topological polar surface area (TPSA) is 69.7 Å². The van der Waals surface area contributed by atoms with Crippen LogP contribution in [0.1, 0.15) is 33.2 Å². The molecule has 34 heavy (non-hydrogen) atoms. The van der Waals surface area contributed by atoms with Gasteiger partial charge in [-0.25, -0.2) is 0 Å². The van der Waals surface area contributed by atoms with Gasteiger partial charge in [-0.05, 0) is 51.7 Å². The number of nitriles is 2. The number of nitrogens with zero attached hydrogens (tertiary/aromatic N) is 3. The summed E-state index contributed by atoms with van der Waals surface area (Å²) in [4.78, 5) is 5.24. The van der Waals surface area contributed by atoms with E-state index in [1.807, 2.05) is 48.7 Å². The highest BCUT2D eigenvalue weighted by atomic mass is 32.1. The molecule has 5 aromatic rings. The van der Waals surface area contributed by atoms with Gasteiger partial charge in [0, 0.05) is 11.8 Å². The highest BCUT2D eigenvalue weighted by Gasteiger charge is 2.20. The average Bonchev–Trinajstić information content (AvgIpc) is 3.43. The van der Waals surface area contributed by atoms with Gasteiger partial charge < -0.3 is 4.74 Å². The second-order valence-corrected chi connectivity index (χ2v) is 8.77. The summed E-state index contributed by atoms with van der Waals surface area (Å²) < 4.78 is 6.39. The third-order valence-electron chi connectivity index (χ3n) is 5.76. The number of fused-ring (bicyclic) bond motifs is 1. The summed E-state index contributed by atoms with van der Waals surface area (Å²) in [5.41, 5.74) is 6.88. The molecule has 0 aliphatic heterocycles. The van der Waals surface area contributed by atoms with E-state index >= 15 is 0 Å². The van der Waals surface area contributed by atoms with Crippen molar-refractivity contribution in [2.24, 2.45) is 0 Å². The fraction of sp³-hybridized carbons (Fsp3) is 0.0690. The van der Waals surface area contributed by atoms with Gasteiger partial charge in [0.15, 0.2) is 0 Å². The Bertz CT molecular complexity index is 1520. The van der Waals surface area contributed by atoms with Crippen molar-refractivity contribution in [2.45, 2.75) is 12.7 Å². The quantitative estimate of drug-likeness (QED) is 0.275. The van der Waals surface area contributed by atoms with E-state index in [9.17, 15) is 5.26 Å². The van der Waals surface area contributed by atoms with Crippen molar-refractivity contribution in [3.63, 3.8) is 0 Å². The smallest absolute Gasteiger partial charge is 0.119 e. The van der Waals surface area contributed by atoms with Crippen LogP contribution < -0.4 is 0 Å². The largest absolute Gasteiger partial charge is 0.363 e. The van der Waals surface area contributed by atoms with E-state index in [0.717, 1.165) is 37.9 Å². The predicted molar refractivity (Wildman–Crippen MR) is 134 cm³/mol. The Hall–Kier alpha value is -4.29. The van der Waals surface area contributed by atoms with Crippen molar-refractivity contribution in [3.8, 4) is 23.3 Å². The Labute approximate surface area is 202 Å². The summed E-state index contributed by atoms with van der Waals surface area (Å²) in [6.45, 7) is 0.387. The molecule has 1 aromatic heterocycles. The van der Waals surface area contributed by atoms with Crippen molar-refractivity contribution in [2.75, 3.05) is 0 Å². The fourth-order valence-electron chi connectivity index (χ4n) is 4.06. The minimum absolute atomic E-state index is 0.329. The van der Waals surface area contributed by atoms with Crippen molar-refractivity contribution >= 4 is 22.1 Å². The maximum absolute atomic E-state index is 9.85. The van der Waals surface area contributed by atoms with Gasteiger partial charge in [-0.1, -0.05) is 60.7 Å². The molecule has 0 spiro atoms. The first-order valence-corrected chi connectivity index (χ1v) is 11.7. The number of rotatable bonds is 6. The van der Waals surface area contributed by atoms with E-state index in [0.29, 0.717) is 17.7 Å². The summed E-state index contributed by atoms with van der Waals surface area (Å²) in [5, 5.41) is 21.1. The molecule has 0 N–H and O–H groups in total. The predicted octanol–water partition coefficient (Wildman–Crippen LogP) is 7.01. The number of thiazole rings is 1. The van der Waals surface area contributed by atoms with Gasteiger partial charge in [0.25, 0.3) is 0 Å². The molecule has 4 aromatic carbocycles. The normalized spacial score (nSPS) is 11.6. The van der Waals surface area contributed by atoms with Crippen LogP contribution in [0.15, 0.2) is 96.6 Å². The lowest BCUT2D eigenvalue weighted by Gasteiger charge is -2.19.